The maximum atomic E-state index is 13.1. The van der Waals surface area contributed by atoms with Gasteiger partial charge in [0.2, 0.25) is 5.91 Å². The number of urea groups is 1. The molecule has 2 rings (SSSR count). The fourth-order valence-corrected chi connectivity index (χ4v) is 2.42. The Hall–Kier alpha value is -2.26. The molecule has 4 N–H and O–H groups in total. The van der Waals surface area contributed by atoms with E-state index < -0.39 is 48.9 Å². The van der Waals surface area contributed by atoms with Gasteiger partial charge in [-0.2, -0.15) is 0 Å². The van der Waals surface area contributed by atoms with Crippen LogP contribution in [0.2, 0.25) is 0 Å². The molecule has 1 aliphatic heterocycles. The highest BCUT2D eigenvalue weighted by Gasteiger charge is 2.49. The lowest BCUT2D eigenvalue weighted by Gasteiger charge is -2.22. The Balaban J connectivity index is 0.00000338. The van der Waals surface area contributed by atoms with Crippen molar-refractivity contribution in [3.8, 4) is 0 Å². The number of halogens is 3. The first-order chi connectivity index (χ1) is 11.6. The van der Waals surface area contributed by atoms with E-state index in [1.54, 1.807) is 24.3 Å². The average Bonchev–Trinajstić information content (AvgIpc) is 2.78. The summed E-state index contributed by atoms with van der Waals surface area (Å²) in [6.07, 6.45) is 0. The number of hydrogen-bond donors (Lipinski definition) is 3. The Labute approximate surface area is 155 Å². The van der Waals surface area contributed by atoms with E-state index in [-0.39, 0.29) is 12.4 Å². The third-order valence-corrected chi connectivity index (χ3v) is 4.05. The van der Waals surface area contributed by atoms with E-state index in [2.05, 4.69) is 5.32 Å². The summed E-state index contributed by atoms with van der Waals surface area (Å²) in [6.45, 7) is 0.892. The Morgan fingerprint density at radius 2 is 1.88 bits per heavy atom. The third-order valence-electron chi connectivity index (χ3n) is 4.05. The molecule has 0 aromatic heterocycles. The molecule has 7 nitrogen and oxygen atoms in total. The summed E-state index contributed by atoms with van der Waals surface area (Å²) in [6, 6.07) is 6.25. The normalized spacial score (nSPS) is 19.8. The molecule has 4 amide bonds. The van der Waals surface area contributed by atoms with Crippen molar-refractivity contribution < 1.29 is 23.2 Å². The molecular formula is C16H21ClF2N4O3. The van der Waals surface area contributed by atoms with Gasteiger partial charge in [-0.05, 0) is 19.4 Å². The molecule has 1 saturated heterocycles. The summed E-state index contributed by atoms with van der Waals surface area (Å²) in [5.74, 6) is -4.74. The number of carbonyl (C=O) groups is 3. The van der Waals surface area contributed by atoms with Crippen LogP contribution in [0.25, 0.3) is 0 Å². The first kappa shape index (κ1) is 21.8. The maximum absolute atomic E-state index is 13.1. The molecule has 26 heavy (non-hydrogen) atoms. The SMILES string of the molecule is Cc1ccc(C2(C)NC(=O)N(CC(=O)NCC(F)(F)CN)C2=O)cc1.Cl. The second kappa shape index (κ2) is 7.96. The number of carbonyl (C=O) groups excluding carboxylic acids is 3. The average molecular weight is 391 g/mol. The fraction of sp³-hybridized carbons (Fsp3) is 0.438. The number of alkyl halides is 2. The number of benzene rings is 1. The molecule has 0 aliphatic carbocycles. The highest BCUT2D eigenvalue weighted by molar-refractivity contribution is 6.09. The number of nitrogens with zero attached hydrogens (tertiary/aromatic N) is 1. The summed E-state index contributed by atoms with van der Waals surface area (Å²) in [5.41, 5.74) is 5.12. The Bertz CT molecular complexity index is 699. The van der Waals surface area contributed by atoms with Crippen molar-refractivity contribution in [2.75, 3.05) is 19.6 Å². The Morgan fingerprint density at radius 3 is 2.42 bits per heavy atom. The topological polar surface area (TPSA) is 105 Å². The van der Waals surface area contributed by atoms with Gasteiger partial charge in [0.15, 0.2) is 0 Å². The Morgan fingerprint density at radius 1 is 1.31 bits per heavy atom. The number of amides is 4. The lowest BCUT2D eigenvalue weighted by molar-refractivity contribution is -0.135. The van der Waals surface area contributed by atoms with Gasteiger partial charge >= 0.3 is 6.03 Å². The molecule has 1 fully saturated rings. The zero-order chi connectivity index (χ0) is 18.8. The van der Waals surface area contributed by atoms with Crippen LogP contribution in [0.5, 0.6) is 0 Å². The molecule has 1 atom stereocenters. The summed E-state index contributed by atoms with van der Waals surface area (Å²) >= 11 is 0. The smallest absolute Gasteiger partial charge is 0.325 e. The predicted octanol–water partition coefficient (Wildman–Crippen LogP) is 0.894. The predicted molar refractivity (Wildman–Crippen MR) is 93.0 cm³/mol. The van der Waals surface area contributed by atoms with E-state index in [4.69, 9.17) is 5.73 Å². The minimum atomic E-state index is -3.25. The molecule has 144 valence electrons. The van der Waals surface area contributed by atoms with Crippen molar-refractivity contribution in [2.24, 2.45) is 5.73 Å². The Kier molecular flexibility index (Phi) is 6.67. The van der Waals surface area contributed by atoms with Crippen LogP contribution in [0.15, 0.2) is 24.3 Å². The zero-order valence-corrected chi connectivity index (χ0v) is 15.2. The zero-order valence-electron chi connectivity index (χ0n) is 14.3. The van der Waals surface area contributed by atoms with Crippen molar-refractivity contribution in [1.29, 1.82) is 0 Å². The molecule has 1 unspecified atom stereocenters. The van der Waals surface area contributed by atoms with Crippen molar-refractivity contribution in [3.05, 3.63) is 35.4 Å². The van der Waals surface area contributed by atoms with E-state index in [1.807, 2.05) is 12.2 Å². The molecule has 1 heterocycles. The molecule has 0 radical (unpaired) electrons. The van der Waals surface area contributed by atoms with E-state index in [0.29, 0.717) is 10.5 Å². The van der Waals surface area contributed by atoms with Gasteiger partial charge in [-0.25, -0.2) is 13.6 Å². The number of aryl methyl sites for hydroxylation is 1. The highest BCUT2D eigenvalue weighted by Crippen LogP contribution is 2.28. The summed E-state index contributed by atoms with van der Waals surface area (Å²) in [4.78, 5) is 37.2. The van der Waals surface area contributed by atoms with Crippen LogP contribution >= 0.6 is 12.4 Å². The number of rotatable bonds is 6. The molecule has 1 aromatic rings. The summed E-state index contributed by atoms with van der Waals surface area (Å²) in [7, 11) is 0. The number of imide groups is 1. The van der Waals surface area contributed by atoms with Gasteiger partial charge in [-0.15, -0.1) is 12.4 Å². The van der Waals surface area contributed by atoms with Crippen LogP contribution < -0.4 is 16.4 Å². The lowest BCUT2D eigenvalue weighted by atomic mass is 9.91. The van der Waals surface area contributed by atoms with Crippen molar-refractivity contribution >= 4 is 30.3 Å². The largest absolute Gasteiger partial charge is 0.348 e. The van der Waals surface area contributed by atoms with Crippen molar-refractivity contribution in [2.45, 2.75) is 25.3 Å². The molecular weight excluding hydrogens is 370 g/mol. The van der Waals surface area contributed by atoms with Crippen LogP contribution in [-0.2, 0) is 15.1 Å². The minimum absolute atomic E-state index is 0. The quantitative estimate of drug-likeness (QED) is 0.627. The van der Waals surface area contributed by atoms with E-state index in [1.165, 1.54) is 6.92 Å². The van der Waals surface area contributed by atoms with Crippen LogP contribution in [0.3, 0.4) is 0 Å². The van der Waals surface area contributed by atoms with Crippen LogP contribution in [0.4, 0.5) is 13.6 Å². The molecule has 0 saturated carbocycles. The monoisotopic (exact) mass is 390 g/mol. The summed E-state index contributed by atoms with van der Waals surface area (Å²) < 4.78 is 26.1. The molecule has 0 spiro atoms. The van der Waals surface area contributed by atoms with Gasteiger partial charge in [0.25, 0.3) is 11.8 Å². The van der Waals surface area contributed by atoms with Crippen molar-refractivity contribution in [1.82, 2.24) is 15.5 Å². The number of nitrogens with two attached hydrogens (primary N) is 1. The number of hydrogen-bond acceptors (Lipinski definition) is 4. The van der Waals surface area contributed by atoms with E-state index >= 15 is 0 Å². The summed E-state index contributed by atoms with van der Waals surface area (Å²) in [5, 5.41) is 4.52. The molecule has 1 aliphatic rings. The van der Waals surface area contributed by atoms with Gasteiger partial charge in [0, 0.05) is 0 Å². The van der Waals surface area contributed by atoms with E-state index in [9.17, 15) is 23.2 Å². The molecule has 0 bridgehead atoms. The minimum Gasteiger partial charge on any atom is -0.348 e. The van der Waals surface area contributed by atoms with Crippen molar-refractivity contribution in [3.63, 3.8) is 0 Å². The van der Waals surface area contributed by atoms with Crippen LogP contribution in [0, 0.1) is 6.92 Å². The van der Waals surface area contributed by atoms with Crippen LogP contribution in [0.1, 0.15) is 18.1 Å². The van der Waals surface area contributed by atoms with E-state index in [0.717, 1.165) is 5.56 Å². The second-order valence-electron chi connectivity index (χ2n) is 6.15. The van der Waals surface area contributed by atoms with Crippen LogP contribution in [-0.4, -0.2) is 48.3 Å². The number of nitrogens with one attached hydrogen (secondary N) is 2. The van der Waals surface area contributed by atoms with Gasteiger partial charge < -0.3 is 16.4 Å². The second-order valence-corrected chi connectivity index (χ2v) is 6.15. The van der Waals surface area contributed by atoms with Gasteiger partial charge in [0.1, 0.15) is 12.1 Å². The highest BCUT2D eigenvalue weighted by atomic mass is 35.5. The maximum Gasteiger partial charge on any atom is 0.325 e. The first-order valence-electron chi connectivity index (χ1n) is 7.65. The van der Waals surface area contributed by atoms with Gasteiger partial charge in [-0.3, -0.25) is 14.5 Å². The first-order valence-corrected chi connectivity index (χ1v) is 7.65. The third kappa shape index (κ3) is 4.47. The van der Waals surface area contributed by atoms with Gasteiger partial charge in [-0.1, -0.05) is 29.8 Å². The molecule has 1 aromatic carbocycles. The fourth-order valence-electron chi connectivity index (χ4n) is 2.42. The van der Waals surface area contributed by atoms with Gasteiger partial charge in [0.05, 0.1) is 13.1 Å². The molecule has 10 heteroatoms. The lowest BCUT2D eigenvalue weighted by Crippen LogP contribution is -2.47. The standard InChI is InChI=1S/C16H20F2N4O3.ClH/c1-10-3-5-11(6-4-10)15(2)13(24)22(14(25)21-15)7-12(23)20-9-16(17,18)8-19;/h3-6H,7-9,19H2,1-2H3,(H,20,23)(H,21,25);1H.